The van der Waals surface area contributed by atoms with Crippen molar-refractivity contribution in [1.29, 1.82) is 0 Å². The molecule has 2 N–H and O–H groups in total. The van der Waals surface area contributed by atoms with Gasteiger partial charge in [0.15, 0.2) is 17.8 Å². The van der Waals surface area contributed by atoms with Crippen LogP contribution in [0.15, 0.2) is 85.2 Å². The van der Waals surface area contributed by atoms with E-state index < -0.39 is 6.29 Å². The molecule has 0 saturated carbocycles. The Morgan fingerprint density at radius 1 is 0.978 bits per heavy atom. The van der Waals surface area contributed by atoms with E-state index in [4.69, 9.17) is 18.9 Å². The minimum Gasteiger partial charge on any atom is -0.493 e. The lowest BCUT2D eigenvalue weighted by atomic mass is 9.89. The normalized spacial score (nSPS) is 21.5. The summed E-state index contributed by atoms with van der Waals surface area (Å²) in [4.78, 5) is 19.3. The van der Waals surface area contributed by atoms with E-state index in [1.54, 1.807) is 32.5 Å². The molecule has 0 bridgehead atoms. The maximum absolute atomic E-state index is 12.8. The summed E-state index contributed by atoms with van der Waals surface area (Å²) in [6.07, 6.45) is 3.05. The molecule has 3 aromatic carbocycles. The zero-order chi connectivity index (χ0) is 31.3. The Bertz CT molecular complexity index is 1610. The van der Waals surface area contributed by atoms with Gasteiger partial charge in [0.2, 0.25) is 0 Å². The number of amides is 1. The summed E-state index contributed by atoms with van der Waals surface area (Å²) >= 11 is 0. The lowest BCUT2D eigenvalue weighted by molar-refractivity contribution is -0.276. The number of hydrogen-bond donors (Lipinski definition) is 2. The topological polar surface area (TPSA) is 102 Å². The summed E-state index contributed by atoms with van der Waals surface area (Å²) < 4.78 is 24.5. The summed E-state index contributed by atoms with van der Waals surface area (Å²) in [7, 11) is 3.33. The first-order valence-corrected chi connectivity index (χ1v) is 15.2. The Morgan fingerprint density at radius 3 is 2.47 bits per heavy atom. The van der Waals surface area contributed by atoms with Gasteiger partial charge in [0.1, 0.15) is 0 Å². The van der Waals surface area contributed by atoms with Gasteiger partial charge in [0.05, 0.1) is 38.6 Å². The molecular weight excluding hydrogens is 570 g/mol. The van der Waals surface area contributed by atoms with Gasteiger partial charge < -0.3 is 29.4 Å². The van der Waals surface area contributed by atoms with Crippen LogP contribution in [0.5, 0.6) is 11.5 Å². The molecule has 234 valence electrons. The van der Waals surface area contributed by atoms with Gasteiger partial charge in [-0.05, 0) is 65.1 Å². The standard InChI is InChI=1S/C36H39N3O6/c1-23-33(21-39-15-13-26-17-31(42-2)32(43-3)18-29(26)20-39)44-36(45-34(23)25-11-9-24(22-40)10-12-25)27-6-4-8-30(16-27)38-35(41)28-7-5-14-37-19-28/h4-12,14,16-19,23,33-34,36,40H,13,15,20-22H2,1-3H3,(H,38,41). The third kappa shape index (κ3) is 6.87. The number of aromatic nitrogens is 1. The fourth-order valence-corrected chi connectivity index (χ4v) is 6.14. The first-order chi connectivity index (χ1) is 21.9. The molecule has 9 nitrogen and oxygen atoms in total. The Kier molecular flexibility index (Phi) is 9.42. The summed E-state index contributed by atoms with van der Waals surface area (Å²) in [6, 6.07) is 23.1. The molecule has 3 heterocycles. The molecule has 1 saturated heterocycles. The number of nitrogens with zero attached hydrogens (tertiary/aromatic N) is 2. The number of ether oxygens (including phenoxy) is 4. The smallest absolute Gasteiger partial charge is 0.257 e. The molecular formula is C36H39N3O6. The molecule has 2 aliphatic rings. The summed E-state index contributed by atoms with van der Waals surface area (Å²) in [5, 5.41) is 12.6. The molecule has 2 aliphatic heterocycles. The van der Waals surface area contributed by atoms with Crippen LogP contribution in [0.3, 0.4) is 0 Å². The Balaban J connectivity index is 1.25. The molecule has 45 heavy (non-hydrogen) atoms. The molecule has 6 rings (SSSR count). The largest absolute Gasteiger partial charge is 0.493 e. The van der Waals surface area contributed by atoms with Gasteiger partial charge in [-0.2, -0.15) is 0 Å². The highest BCUT2D eigenvalue weighted by Crippen LogP contribution is 2.43. The lowest BCUT2D eigenvalue weighted by Gasteiger charge is -2.43. The van der Waals surface area contributed by atoms with Gasteiger partial charge in [0, 0.05) is 49.2 Å². The van der Waals surface area contributed by atoms with Crippen molar-refractivity contribution in [2.75, 3.05) is 32.6 Å². The van der Waals surface area contributed by atoms with Crippen molar-refractivity contribution in [2.45, 2.75) is 45.0 Å². The maximum Gasteiger partial charge on any atom is 0.257 e. The van der Waals surface area contributed by atoms with E-state index >= 15 is 0 Å². The number of aliphatic hydroxyl groups is 1. The first kappa shape index (κ1) is 30.7. The molecule has 0 aliphatic carbocycles. The number of nitrogens with one attached hydrogen (secondary N) is 1. The zero-order valence-corrected chi connectivity index (χ0v) is 25.8. The molecule has 1 aromatic heterocycles. The van der Waals surface area contributed by atoms with Gasteiger partial charge in [-0.15, -0.1) is 0 Å². The second kappa shape index (κ2) is 13.8. The Morgan fingerprint density at radius 2 is 1.76 bits per heavy atom. The molecule has 0 radical (unpaired) electrons. The van der Waals surface area contributed by atoms with Crippen molar-refractivity contribution in [1.82, 2.24) is 9.88 Å². The van der Waals surface area contributed by atoms with Crippen LogP contribution in [0.25, 0.3) is 0 Å². The molecule has 9 heteroatoms. The third-order valence-corrected chi connectivity index (χ3v) is 8.70. The van der Waals surface area contributed by atoms with Crippen molar-refractivity contribution in [3.63, 3.8) is 0 Å². The highest BCUT2D eigenvalue weighted by molar-refractivity contribution is 6.04. The molecule has 4 aromatic rings. The van der Waals surface area contributed by atoms with Gasteiger partial charge >= 0.3 is 0 Å². The van der Waals surface area contributed by atoms with Crippen molar-refractivity contribution in [2.24, 2.45) is 5.92 Å². The quantitative estimate of drug-likeness (QED) is 0.250. The number of hydrogen-bond acceptors (Lipinski definition) is 8. The minimum absolute atomic E-state index is 0.0135. The van der Waals surface area contributed by atoms with Crippen molar-refractivity contribution in [3.05, 3.63) is 119 Å². The lowest BCUT2D eigenvalue weighted by Crippen LogP contribution is -2.45. The predicted octanol–water partition coefficient (Wildman–Crippen LogP) is 5.69. The predicted molar refractivity (Wildman–Crippen MR) is 170 cm³/mol. The van der Waals surface area contributed by atoms with Crippen LogP contribution in [0, 0.1) is 5.92 Å². The monoisotopic (exact) mass is 609 g/mol. The van der Waals surface area contributed by atoms with Gasteiger partial charge in [-0.25, -0.2) is 0 Å². The van der Waals surface area contributed by atoms with Crippen LogP contribution in [0.1, 0.15) is 57.5 Å². The molecule has 0 spiro atoms. The van der Waals surface area contributed by atoms with Crippen LogP contribution >= 0.6 is 0 Å². The van der Waals surface area contributed by atoms with Crippen LogP contribution < -0.4 is 14.8 Å². The third-order valence-electron chi connectivity index (χ3n) is 8.70. The van der Waals surface area contributed by atoms with Gasteiger partial charge in [-0.3, -0.25) is 14.7 Å². The number of pyridine rings is 1. The van der Waals surface area contributed by atoms with Crippen LogP contribution in [0.4, 0.5) is 5.69 Å². The maximum atomic E-state index is 12.8. The highest BCUT2D eigenvalue weighted by Gasteiger charge is 2.39. The summed E-state index contributed by atoms with van der Waals surface area (Å²) in [5.74, 6) is 1.29. The molecule has 4 unspecified atom stereocenters. The van der Waals surface area contributed by atoms with E-state index in [-0.39, 0.29) is 30.6 Å². The number of benzene rings is 3. The van der Waals surface area contributed by atoms with Crippen LogP contribution in [0.2, 0.25) is 0 Å². The fraction of sp³-hybridized carbons (Fsp3) is 0.333. The second-order valence-electron chi connectivity index (χ2n) is 11.6. The van der Waals surface area contributed by atoms with Crippen molar-refractivity contribution in [3.8, 4) is 11.5 Å². The van der Waals surface area contributed by atoms with E-state index in [2.05, 4.69) is 34.3 Å². The molecule has 1 fully saturated rings. The SMILES string of the molecule is COc1cc2c(cc1OC)CN(CC1OC(c3cccc(NC(=O)c4cccnc4)c3)OC(c3ccc(CO)cc3)C1C)CC2. The average molecular weight is 610 g/mol. The number of aliphatic hydroxyl groups excluding tert-OH is 1. The first-order valence-electron chi connectivity index (χ1n) is 15.2. The van der Waals surface area contributed by atoms with Crippen LogP contribution in [-0.2, 0) is 29.0 Å². The number of carbonyl (C=O) groups excluding carboxylic acids is 1. The molecule has 4 atom stereocenters. The fourth-order valence-electron chi connectivity index (χ4n) is 6.14. The van der Waals surface area contributed by atoms with Crippen molar-refractivity contribution >= 4 is 11.6 Å². The van der Waals surface area contributed by atoms with Gasteiger partial charge in [-0.1, -0.05) is 43.3 Å². The van der Waals surface area contributed by atoms with E-state index in [0.717, 1.165) is 54.2 Å². The Labute approximate surface area is 263 Å². The number of methoxy groups -OCH3 is 2. The number of rotatable bonds is 9. The summed E-state index contributed by atoms with van der Waals surface area (Å²) in [5.41, 5.74) is 6.31. The summed E-state index contributed by atoms with van der Waals surface area (Å²) in [6.45, 7) is 4.55. The second-order valence-corrected chi connectivity index (χ2v) is 11.6. The number of carbonyl (C=O) groups is 1. The molecule has 1 amide bonds. The van der Waals surface area contributed by atoms with Gasteiger partial charge in [0.25, 0.3) is 5.91 Å². The number of fused-ring (bicyclic) bond motifs is 1. The van der Waals surface area contributed by atoms with E-state index in [0.29, 0.717) is 11.3 Å². The van der Waals surface area contributed by atoms with Crippen LogP contribution in [-0.4, -0.2) is 54.3 Å². The zero-order valence-electron chi connectivity index (χ0n) is 25.8. The van der Waals surface area contributed by atoms with E-state index in [1.807, 2.05) is 48.5 Å². The van der Waals surface area contributed by atoms with Crippen molar-refractivity contribution < 1.29 is 28.8 Å². The highest BCUT2D eigenvalue weighted by atomic mass is 16.7. The average Bonchev–Trinajstić information content (AvgIpc) is 3.09. The van der Waals surface area contributed by atoms with E-state index in [1.165, 1.54) is 17.3 Å². The Hall–Kier alpha value is -4.28. The number of anilines is 1. The minimum atomic E-state index is -0.648. The van der Waals surface area contributed by atoms with E-state index in [9.17, 15) is 9.90 Å².